The van der Waals surface area contributed by atoms with Crippen molar-refractivity contribution >= 4 is 27.6 Å². The minimum atomic E-state index is -0.910. The van der Waals surface area contributed by atoms with Gasteiger partial charge in [0.1, 0.15) is 11.4 Å². The number of hydrogen-bond acceptors (Lipinski definition) is 5. The summed E-state index contributed by atoms with van der Waals surface area (Å²) in [6.07, 6.45) is 2.94. The number of hydrogen-bond donors (Lipinski definition) is 1. The molecule has 5 aromatic rings. The normalized spacial score (nSPS) is 12.8. The standard InChI is InChI=1S/C33H35N3O5.2C2H6/c1-35-28-21-40-18-6-5-17-36-31-24(13-8-14-26(31)30(28)27(34-35)20-39-2)25(32(36)33(37)38)15-9-19-41-29-16-7-11-22-10-3-4-12-23(22)29;2*1-2/h3-4,7-8,10-14,16H,5-6,9,15,17-21H2,1-2H3,(H,37,38);2*1-2H3. The number of ether oxygens (including phenoxy) is 3. The number of carboxylic acid groups (broad SMARTS) is 1. The molecule has 8 nitrogen and oxygen atoms in total. The molecule has 1 N–H and O–H groups in total. The molecule has 0 saturated heterocycles. The number of fused-ring (bicyclic) bond motifs is 3. The van der Waals surface area contributed by atoms with Gasteiger partial charge in [0.05, 0.1) is 36.7 Å². The predicted octanol–water partition coefficient (Wildman–Crippen LogP) is 8.41. The molecular weight excluding hydrogens is 566 g/mol. The van der Waals surface area contributed by atoms with Crippen LogP contribution in [0.5, 0.6) is 5.75 Å². The molecule has 3 aromatic carbocycles. The zero-order chi connectivity index (χ0) is 32.3. The first-order valence-corrected chi connectivity index (χ1v) is 16.2. The first-order chi connectivity index (χ1) is 22.1. The lowest BCUT2D eigenvalue weighted by atomic mass is 9.98. The summed E-state index contributed by atoms with van der Waals surface area (Å²) in [6.45, 7) is 10.5. The van der Waals surface area contributed by atoms with Crippen LogP contribution in [0.25, 0.3) is 32.8 Å². The van der Waals surface area contributed by atoms with Gasteiger partial charge in [0, 0.05) is 49.2 Å². The van der Waals surface area contributed by atoms with Gasteiger partial charge in [-0.1, -0.05) is 82.3 Å². The molecule has 0 fully saturated rings. The second-order valence-corrected chi connectivity index (χ2v) is 10.5. The second kappa shape index (κ2) is 16.3. The summed E-state index contributed by atoms with van der Waals surface area (Å²) in [5, 5.41) is 18.4. The van der Waals surface area contributed by atoms with Gasteiger partial charge in [-0.25, -0.2) is 4.79 Å². The highest BCUT2D eigenvalue weighted by molar-refractivity contribution is 6.04. The topological polar surface area (TPSA) is 87.7 Å². The molecule has 6 rings (SSSR count). The summed E-state index contributed by atoms with van der Waals surface area (Å²) in [5.41, 5.74) is 5.84. The van der Waals surface area contributed by atoms with E-state index >= 15 is 0 Å². The Morgan fingerprint density at radius 2 is 1.71 bits per heavy atom. The van der Waals surface area contributed by atoms with Gasteiger partial charge in [-0.15, -0.1) is 0 Å². The molecule has 0 atom stereocenters. The maximum atomic E-state index is 12.8. The number of methoxy groups -OCH3 is 1. The average Bonchev–Trinajstić information content (AvgIpc) is 3.55. The summed E-state index contributed by atoms with van der Waals surface area (Å²) < 4.78 is 21.6. The van der Waals surface area contributed by atoms with E-state index in [1.54, 1.807) is 7.11 Å². The molecule has 1 aliphatic rings. The number of aromatic carboxylic acids is 1. The summed E-state index contributed by atoms with van der Waals surface area (Å²) >= 11 is 0. The third-order valence-corrected chi connectivity index (χ3v) is 7.92. The van der Waals surface area contributed by atoms with Gasteiger partial charge >= 0.3 is 5.97 Å². The van der Waals surface area contributed by atoms with Crippen molar-refractivity contribution in [3.8, 4) is 16.9 Å². The van der Waals surface area contributed by atoms with E-state index in [0.29, 0.717) is 51.5 Å². The molecule has 0 unspecified atom stereocenters. The molecule has 0 radical (unpaired) electrons. The largest absolute Gasteiger partial charge is 0.493 e. The fourth-order valence-electron chi connectivity index (χ4n) is 6.13. The van der Waals surface area contributed by atoms with E-state index in [2.05, 4.69) is 24.3 Å². The van der Waals surface area contributed by atoms with Gasteiger partial charge < -0.3 is 23.9 Å². The number of carbonyl (C=O) groups is 1. The fourth-order valence-corrected chi connectivity index (χ4v) is 6.13. The van der Waals surface area contributed by atoms with Crippen LogP contribution in [0, 0.1) is 0 Å². The van der Waals surface area contributed by atoms with E-state index in [1.165, 1.54) is 0 Å². The van der Waals surface area contributed by atoms with Crippen molar-refractivity contribution in [2.24, 2.45) is 7.05 Å². The Morgan fingerprint density at radius 3 is 2.49 bits per heavy atom. The Labute approximate surface area is 266 Å². The Balaban J connectivity index is 0.00000111. The molecule has 3 heterocycles. The minimum Gasteiger partial charge on any atom is -0.493 e. The van der Waals surface area contributed by atoms with Gasteiger partial charge in [-0.2, -0.15) is 5.10 Å². The van der Waals surface area contributed by atoms with Crippen molar-refractivity contribution in [2.45, 2.75) is 73.1 Å². The summed E-state index contributed by atoms with van der Waals surface area (Å²) in [5.74, 6) is -0.0653. The smallest absolute Gasteiger partial charge is 0.352 e. The number of rotatable bonds is 8. The molecule has 2 aromatic heterocycles. The quantitative estimate of drug-likeness (QED) is 0.177. The molecule has 0 spiro atoms. The summed E-state index contributed by atoms with van der Waals surface area (Å²) in [6, 6.07) is 20.4. The Kier molecular flexibility index (Phi) is 12.2. The molecule has 0 saturated carbocycles. The molecule has 0 amide bonds. The van der Waals surface area contributed by atoms with Crippen molar-refractivity contribution < 1.29 is 24.1 Å². The highest BCUT2D eigenvalue weighted by Gasteiger charge is 2.27. The van der Waals surface area contributed by atoms with Gasteiger partial charge in [0.2, 0.25) is 0 Å². The maximum absolute atomic E-state index is 12.8. The number of para-hydroxylation sites is 1. The molecule has 0 bridgehead atoms. The van der Waals surface area contributed by atoms with E-state index in [9.17, 15) is 9.90 Å². The van der Waals surface area contributed by atoms with Crippen molar-refractivity contribution in [1.29, 1.82) is 0 Å². The van der Waals surface area contributed by atoms with Crippen LogP contribution in [0.1, 0.15) is 74.4 Å². The summed E-state index contributed by atoms with van der Waals surface area (Å²) in [4.78, 5) is 12.8. The van der Waals surface area contributed by atoms with Crippen LogP contribution in [-0.4, -0.2) is 45.7 Å². The maximum Gasteiger partial charge on any atom is 0.352 e. The lowest BCUT2D eigenvalue weighted by molar-refractivity contribution is 0.0683. The number of carboxylic acids is 1. The van der Waals surface area contributed by atoms with Crippen LogP contribution in [0.4, 0.5) is 0 Å². The molecule has 1 aliphatic heterocycles. The molecule has 240 valence electrons. The molecule has 0 aliphatic carbocycles. The van der Waals surface area contributed by atoms with Crippen molar-refractivity contribution in [1.82, 2.24) is 14.3 Å². The van der Waals surface area contributed by atoms with Crippen LogP contribution >= 0.6 is 0 Å². The Hall–Kier alpha value is -4.14. The van der Waals surface area contributed by atoms with E-state index in [0.717, 1.165) is 68.3 Å². The molecule has 45 heavy (non-hydrogen) atoms. The van der Waals surface area contributed by atoms with Crippen molar-refractivity contribution in [2.75, 3.05) is 20.3 Å². The zero-order valence-corrected chi connectivity index (χ0v) is 27.6. The lowest BCUT2D eigenvalue weighted by Crippen LogP contribution is -2.12. The number of nitrogens with zero attached hydrogens (tertiary/aromatic N) is 3. The van der Waals surface area contributed by atoms with E-state index in [4.69, 9.17) is 19.3 Å². The third-order valence-electron chi connectivity index (χ3n) is 7.92. The number of aryl methyl sites for hydroxylation is 3. The van der Waals surface area contributed by atoms with E-state index in [-0.39, 0.29) is 0 Å². The summed E-state index contributed by atoms with van der Waals surface area (Å²) in [7, 11) is 3.58. The Bertz CT molecular complexity index is 1710. The van der Waals surface area contributed by atoms with E-state index < -0.39 is 5.97 Å². The highest BCUT2D eigenvalue weighted by atomic mass is 16.5. The van der Waals surface area contributed by atoms with Gasteiger partial charge in [0.25, 0.3) is 0 Å². The van der Waals surface area contributed by atoms with Gasteiger partial charge in [0.15, 0.2) is 0 Å². The lowest BCUT2D eigenvalue weighted by Gasteiger charge is -2.12. The number of aromatic nitrogens is 3. The van der Waals surface area contributed by atoms with Crippen molar-refractivity contribution in [3.05, 3.63) is 83.3 Å². The van der Waals surface area contributed by atoms with Crippen LogP contribution < -0.4 is 4.74 Å². The monoisotopic (exact) mass is 613 g/mol. The zero-order valence-electron chi connectivity index (χ0n) is 27.6. The first-order valence-electron chi connectivity index (χ1n) is 16.2. The minimum absolute atomic E-state index is 0.352. The third kappa shape index (κ3) is 7.08. The van der Waals surface area contributed by atoms with E-state index in [1.807, 2.05) is 80.4 Å². The van der Waals surface area contributed by atoms with Gasteiger partial charge in [-0.05, 0) is 42.7 Å². The van der Waals surface area contributed by atoms with Crippen molar-refractivity contribution in [3.63, 3.8) is 0 Å². The van der Waals surface area contributed by atoms with Crippen LogP contribution in [0.15, 0.2) is 60.7 Å². The average molecular weight is 614 g/mol. The van der Waals surface area contributed by atoms with Crippen LogP contribution in [0.2, 0.25) is 0 Å². The fraction of sp³-hybridized carbons (Fsp3) is 0.405. The van der Waals surface area contributed by atoms with Crippen LogP contribution in [0.3, 0.4) is 0 Å². The molecule has 8 heteroatoms. The second-order valence-electron chi connectivity index (χ2n) is 10.5. The van der Waals surface area contributed by atoms with Gasteiger partial charge in [-0.3, -0.25) is 4.68 Å². The number of benzene rings is 3. The Morgan fingerprint density at radius 1 is 0.978 bits per heavy atom. The highest BCUT2D eigenvalue weighted by Crippen LogP contribution is 2.39. The van der Waals surface area contributed by atoms with Crippen LogP contribution in [-0.2, 0) is 42.7 Å². The first kappa shape index (κ1) is 33.7. The SMILES string of the molecule is CC.CC.COCc1nn(C)c2c1-c1cccc3c(CCCOc4cccc5ccccc45)c(C(=O)O)n(c13)CCCCOC2. The predicted molar refractivity (Wildman–Crippen MR) is 181 cm³/mol. The molecular formula is C37H47N3O5.